The second kappa shape index (κ2) is 2.96. The molecule has 0 radical (unpaired) electrons. The van der Waals surface area contributed by atoms with E-state index in [4.69, 9.17) is 5.73 Å². The van der Waals surface area contributed by atoms with Gasteiger partial charge in [-0.2, -0.15) is 0 Å². The summed E-state index contributed by atoms with van der Waals surface area (Å²) in [6.07, 6.45) is 0.904. The van der Waals surface area contributed by atoms with Crippen LogP contribution in [0.1, 0.15) is 0 Å². The monoisotopic (exact) mass is 222 g/mol. The molecule has 8 heteroatoms. The first kappa shape index (κ1) is 9.93. The molecule has 0 aromatic carbocycles. The van der Waals surface area contributed by atoms with Crippen molar-refractivity contribution in [3.63, 3.8) is 0 Å². The quantitative estimate of drug-likeness (QED) is 0.584. The molecule has 0 bridgehead atoms. The van der Waals surface area contributed by atoms with Crippen molar-refractivity contribution >= 4 is 31.9 Å². The molecule has 0 fully saturated rings. The molecule has 0 aliphatic rings. The smallest absolute Gasteiger partial charge is 0.321 e. The van der Waals surface area contributed by atoms with Crippen molar-refractivity contribution in [2.24, 2.45) is 0 Å². The van der Waals surface area contributed by atoms with E-state index in [0.717, 1.165) is 17.6 Å². The van der Waals surface area contributed by atoms with E-state index in [1.807, 2.05) is 0 Å². The van der Waals surface area contributed by atoms with Gasteiger partial charge >= 0.3 is 5.69 Å². The minimum atomic E-state index is -3.57. The van der Waals surface area contributed by atoms with Crippen LogP contribution in [0, 0.1) is 10.1 Å². The van der Waals surface area contributed by atoms with E-state index in [9.17, 15) is 18.5 Å². The number of nitro groups is 1. The van der Waals surface area contributed by atoms with Crippen LogP contribution < -0.4 is 5.73 Å². The number of nitrogens with two attached hydrogens (primary N) is 1. The van der Waals surface area contributed by atoms with E-state index in [1.165, 1.54) is 5.38 Å². The predicted molar refractivity (Wildman–Crippen MR) is 48.5 cm³/mol. The van der Waals surface area contributed by atoms with Crippen molar-refractivity contribution in [1.29, 1.82) is 0 Å². The second-order valence-corrected chi connectivity index (χ2v) is 5.24. The number of anilines is 1. The lowest BCUT2D eigenvalue weighted by Gasteiger charge is -1.93. The Kier molecular flexibility index (Phi) is 2.26. The van der Waals surface area contributed by atoms with Crippen LogP contribution in [-0.4, -0.2) is 19.6 Å². The predicted octanol–water partition coefficient (Wildman–Crippen LogP) is 0.642. The van der Waals surface area contributed by atoms with Gasteiger partial charge in [0.15, 0.2) is 19.7 Å². The minimum Gasteiger partial charge on any atom is -0.385 e. The van der Waals surface area contributed by atoms with Gasteiger partial charge in [-0.05, 0) is 0 Å². The molecule has 1 rings (SSSR count). The Morgan fingerprint density at radius 2 is 2.15 bits per heavy atom. The van der Waals surface area contributed by atoms with Gasteiger partial charge in [-0.15, -0.1) is 11.3 Å². The fraction of sp³-hybridized carbons (Fsp3) is 0.200. The van der Waals surface area contributed by atoms with E-state index >= 15 is 0 Å². The average Bonchev–Trinajstić information content (AvgIpc) is 2.28. The Hall–Kier alpha value is -1.15. The summed E-state index contributed by atoms with van der Waals surface area (Å²) in [5, 5.41) is 11.5. The van der Waals surface area contributed by atoms with Crippen LogP contribution in [0.5, 0.6) is 0 Å². The summed E-state index contributed by atoms with van der Waals surface area (Å²) in [5.41, 5.74) is 4.73. The summed E-state index contributed by atoms with van der Waals surface area (Å²) in [5.74, 6) is 0. The fourth-order valence-corrected chi connectivity index (χ4v) is 2.88. The number of rotatable bonds is 2. The first-order valence-corrected chi connectivity index (χ1v) is 5.82. The molecule has 2 N–H and O–H groups in total. The number of hydrogen-bond acceptors (Lipinski definition) is 6. The van der Waals surface area contributed by atoms with E-state index in [0.29, 0.717) is 0 Å². The minimum absolute atomic E-state index is 0.0922. The molecular weight excluding hydrogens is 216 g/mol. The molecule has 6 nitrogen and oxygen atoms in total. The maximum atomic E-state index is 11.0. The van der Waals surface area contributed by atoms with Crippen LogP contribution in [0.25, 0.3) is 0 Å². The van der Waals surface area contributed by atoms with E-state index in [1.54, 1.807) is 0 Å². The highest BCUT2D eigenvalue weighted by molar-refractivity contribution is 7.91. The molecule has 0 atom stereocenters. The maximum absolute atomic E-state index is 11.0. The number of hydrogen-bond donors (Lipinski definition) is 1. The number of nitrogen functional groups attached to an aromatic ring is 1. The highest BCUT2D eigenvalue weighted by Gasteiger charge is 2.27. The van der Waals surface area contributed by atoms with Crippen LogP contribution >= 0.6 is 11.3 Å². The highest BCUT2D eigenvalue weighted by atomic mass is 32.2. The van der Waals surface area contributed by atoms with Crippen LogP contribution in [0.2, 0.25) is 0 Å². The molecule has 0 spiro atoms. The molecule has 0 amide bonds. The van der Waals surface area contributed by atoms with Crippen molar-refractivity contribution in [2.45, 2.75) is 4.90 Å². The molecule has 0 unspecified atom stereocenters. The van der Waals surface area contributed by atoms with Gasteiger partial charge in [0.2, 0.25) is 0 Å². The molecule has 1 aromatic heterocycles. The zero-order chi connectivity index (χ0) is 10.2. The largest absolute Gasteiger partial charge is 0.385 e. The molecule has 1 heterocycles. The SMILES string of the molecule is CS(=O)(=O)c1csc(N)c1[N+](=O)[O-]. The van der Waals surface area contributed by atoms with Gasteiger partial charge in [-0.25, -0.2) is 8.42 Å². The van der Waals surface area contributed by atoms with Gasteiger partial charge in [-0.1, -0.05) is 0 Å². The first-order valence-electron chi connectivity index (χ1n) is 3.05. The summed E-state index contributed by atoms with van der Waals surface area (Å²) >= 11 is 0.843. The average molecular weight is 222 g/mol. The molecule has 0 saturated heterocycles. The molecule has 0 aliphatic carbocycles. The van der Waals surface area contributed by atoms with E-state index in [2.05, 4.69) is 0 Å². The molecular formula is C5H6N2O4S2. The molecule has 0 aliphatic heterocycles. The van der Waals surface area contributed by atoms with Crippen molar-refractivity contribution in [1.82, 2.24) is 0 Å². The van der Waals surface area contributed by atoms with Crippen LogP contribution in [-0.2, 0) is 9.84 Å². The number of nitrogens with zero attached hydrogens (tertiary/aromatic N) is 1. The molecule has 72 valence electrons. The molecule has 13 heavy (non-hydrogen) atoms. The number of thiophene rings is 1. The van der Waals surface area contributed by atoms with E-state index < -0.39 is 20.4 Å². The highest BCUT2D eigenvalue weighted by Crippen LogP contribution is 2.35. The Bertz CT molecular complexity index is 447. The lowest BCUT2D eigenvalue weighted by Crippen LogP contribution is -2.01. The summed E-state index contributed by atoms with van der Waals surface area (Å²) in [6, 6.07) is 0. The first-order chi connectivity index (χ1) is 5.84. The van der Waals surface area contributed by atoms with Crippen LogP contribution in [0.3, 0.4) is 0 Å². The molecule has 0 saturated carbocycles. The Balaban J connectivity index is 3.49. The van der Waals surface area contributed by atoms with Crippen LogP contribution in [0.4, 0.5) is 10.7 Å². The fourth-order valence-electron chi connectivity index (χ4n) is 0.793. The summed E-state index contributed by atoms with van der Waals surface area (Å²) in [7, 11) is -3.57. The van der Waals surface area contributed by atoms with Crippen LogP contribution in [0.15, 0.2) is 10.3 Å². The third-order valence-electron chi connectivity index (χ3n) is 1.34. The lowest BCUT2D eigenvalue weighted by molar-refractivity contribution is -0.386. The third-order valence-corrected chi connectivity index (χ3v) is 3.40. The third kappa shape index (κ3) is 1.78. The van der Waals surface area contributed by atoms with Gasteiger partial charge in [0.25, 0.3) is 0 Å². The summed E-state index contributed by atoms with van der Waals surface area (Å²) in [6.45, 7) is 0. The lowest BCUT2D eigenvalue weighted by atomic mass is 10.5. The summed E-state index contributed by atoms with van der Waals surface area (Å²) < 4.78 is 22.0. The van der Waals surface area contributed by atoms with Gasteiger partial charge in [0.05, 0.1) is 4.92 Å². The van der Waals surface area contributed by atoms with Gasteiger partial charge in [0, 0.05) is 11.6 Å². The Morgan fingerprint density at radius 3 is 2.46 bits per heavy atom. The zero-order valence-electron chi connectivity index (χ0n) is 6.55. The topological polar surface area (TPSA) is 103 Å². The van der Waals surface area contributed by atoms with Gasteiger partial charge < -0.3 is 5.73 Å². The Morgan fingerprint density at radius 1 is 1.62 bits per heavy atom. The molecule has 1 aromatic rings. The summed E-state index contributed by atoms with van der Waals surface area (Å²) in [4.78, 5) is 9.31. The van der Waals surface area contributed by atoms with Crippen molar-refractivity contribution < 1.29 is 13.3 Å². The maximum Gasteiger partial charge on any atom is 0.321 e. The second-order valence-electron chi connectivity index (χ2n) is 2.34. The van der Waals surface area contributed by atoms with Crippen molar-refractivity contribution in [2.75, 3.05) is 12.0 Å². The van der Waals surface area contributed by atoms with Gasteiger partial charge in [0.1, 0.15) is 0 Å². The number of sulfone groups is 1. The normalized spacial score (nSPS) is 11.5. The van der Waals surface area contributed by atoms with Gasteiger partial charge in [-0.3, -0.25) is 10.1 Å². The van der Waals surface area contributed by atoms with Crippen molar-refractivity contribution in [3.05, 3.63) is 15.5 Å². The Labute approximate surface area is 78.1 Å². The standard InChI is InChI=1S/C5H6N2O4S2/c1-13(10,11)3-2-12-5(6)4(3)7(8)9/h2H,6H2,1H3. The van der Waals surface area contributed by atoms with E-state index in [-0.39, 0.29) is 9.90 Å². The zero-order valence-corrected chi connectivity index (χ0v) is 8.18. The van der Waals surface area contributed by atoms with Crippen molar-refractivity contribution in [3.8, 4) is 0 Å².